The number of pyridine rings is 1. The molecule has 4 rings (SSSR count). The van der Waals surface area contributed by atoms with Gasteiger partial charge in [0, 0.05) is 37.9 Å². The number of halogens is 2. The van der Waals surface area contributed by atoms with Gasteiger partial charge in [0.15, 0.2) is 0 Å². The highest BCUT2D eigenvalue weighted by molar-refractivity contribution is 6.35. The first-order valence-corrected chi connectivity index (χ1v) is 9.52. The van der Waals surface area contributed by atoms with Crippen molar-refractivity contribution in [1.82, 2.24) is 4.40 Å². The highest BCUT2D eigenvalue weighted by atomic mass is 35.5. The van der Waals surface area contributed by atoms with Gasteiger partial charge in [-0.1, -0.05) is 65.7 Å². The van der Waals surface area contributed by atoms with Crippen LogP contribution in [0.4, 0.5) is 0 Å². The Hall–Kier alpha value is -2.82. The molecule has 0 N–H and O–H groups in total. The van der Waals surface area contributed by atoms with E-state index in [1.165, 1.54) is 0 Å². The van der Waals surface area contributed by atoms with Gasteiger partial charge in [0.1, 0.15) is 0 Å². The number of hydrogen-bond donors (Lipinski definition) is 0. The summed E-state index contributed by atoms with van der Waals surface area (Å²) in [4.78, 5) is 11.3. The minimum atomic E-state index is -0.528. The zero-order valence-electron chi connectivity index (χ0n) is 14.8. The van der Waals surface area contributed by atoms with E-state index < -0.39 is 5.92 Å². The fourth-order valence-electron chi connectivity index (χ4n) is 3.61. The average molecular weight is 411 g/mol. The molecule has 0 bridgehead atoms. The first-order chi connectivity index (χ1) is 13.5. The second-order valence-electron chi connectivity index (χ2n) is 6.54. The van der Waals surface area contributed by atoms with Gasteiger partial charge in [-0.3, -0.25) is 10.1 Å². The zero-order valence-corrected chi connectivity index (χ0v) is 16.3. The Morgan fingerprint density at radius 2 is 1.71 bits per heavy atom. The summed E-state index contributed by atoms with van der Waals surface area (Å²) in [6.07, 6.45) is 1.92. The molecule has 2 aromatic carbocycles. The third-order valence-corrected chi connectivity index (χ3v) is 5.37. The molecule has 0 saturated heterocycles. The lowest BCUT2D eigenvalue weighted by molar-refractivity contribution is -0.481. The van der Waals surface area contributed by atoms with Gasteiger partial charge in [0.05, 0.1) is 5.92 Å². The van der Waals surface area contributed by atoms with E-state index in [0.29, 0.717) is 15.6 Å². The van der Waals surface area contributed by atoms with Crippen LogP contribution in [0.3, 0.4) is 0 Å². The Balaban J connectivity index is 2.01. The maximum absolute atomic E-state index is 11.6. The number of rotatable bonds is 5. The summed E-state index contributed by atoms with van der Waals surface area (Å²) in [6.45, 7) is -0.276. The van der Waals surface area contributed by atoms with E-state index in [2.05, 4.69) is 6.07 Å². The van der Waals surface area contributed by atoms with Crippen molar-refractivity contribution < 1.29 is 4.92 Å². The first-order valence-electron chi connectivity index (χ1n) is 8.77. The van der Waals surface area contributed by atoms with E-state index >= 15 is 0 Å². The quantitative estimate of drug-likeness (QED) is 0.285. The summed E-state index contributed by atoms with van der Waals surface area (Å²) in [5.41, 5.74) is 4.44. The lowest BCUT2D eigenvalue weighted by atomic mass is 9.91. The second-order valence-corrected chi connectivity index (χ2v) is 7.38. The zero-order chi connectivity index (χ0) is 19.7. The standard InChI is InChI=1S/C22H16Cl2N2O2/c23-16-9-10-18(21(24)12-16)20(14-26(27)28)22-19(15-6-2-1-3-7-15)13-17-8-4-5-11-25(17)22/h1-13,20H,14H2. The smallest absolute Gasteiger partial charge is 0.216 e. The molecular formula is C22H16Cl2N2O2. The van der Waals surface area contributed by atoms with Crippen molar-refractivity contribution in [3.63, 3.8) is 0 Å². The third-order valence-electron chi connectivity index (χ3n) is 4.80. The van der Waals surface area contributed by atoms with Crippen molar-refractivity contribution in [3.8, 4) is 11.1 Å². The van der Waals surface area contributed by atoms with Gasteiger partial charge in [-0.05, 0) is 41.5 Å². The van der Waals surface area contributed by atoms with Crippen molar-refractivity contribution in [2.75, 3.05) is 6.54 Å². The van der Waals surface area contributed by atoms with Gasteiger partial charge in [0.25, 0.3) is 0 Å². The van der Waals surface area contributed by atoms with Gasteiger partial charge in [-0.15, -0.1) is 0 Å². The van der Waals surface area contributed by atoms with Crippen LogP contribution in [0.25, 0.3) is 16.6 Å². The van der Waals surface area contributed by atoms with Crippen LogP contribution in [-0.4, -0.2) is 15.9 Å². The van der Waals surface area contributed by atoms with Crippen LogP contribution < -0.4 is 0 Å². The number of nitrogens with zero attached hydrogens (tertiary/aromatic N) is 2. The van der Waals surface area contributed by atoms with Gasteiger partial charge >= 0.3 is 0 Å². The van der Waals surface area contributed by atoms with Crippen molar-refractivity contribution in [2.24, 2.45) is 0 Å². The summed E-state index contributed by atoms with van der Waals surface area (Å²) in [7, 11) is 0. The summed E-state index contributed by atoms with van der Waals surface area (Å²) < 4.78 is 2.00. The van der Waals surface area contributed by atoms with Gasteiger partial charge in [-0.25, -0.2) is 0 Å². The van der Waals surface area contributed by atoms with Crippen LogP contribution in [0.5, 0.6) is 0 Å². The van der Waals surface area contributed by atoms with Gasteiger partial charge in [-0.2, -0.15) is 0 Å². The number of fused-ring (bicyclic) bond motifs is 1. The molecule has 2 aromatic heterocycles. The fourth-order valence-corrected chi connectivity index (χ4v) is 4.15. The highest BCUT2D eigenvalue weighted by Crippen LogP contribution is 2.39. The molecule has 0 aliphatic carbocycles. The van der Waals surface area contributed by atoms with E-state index in [-0.39, 0.29) is 11.5 Å². The van der Waals surface area contributed by atoms with Gasteiger partial charge in [0.2, 0.25) is 6.54 Å². The van der Waals surface area contributed by atoms with Crippen LogP contribution >= 0.6 is 23.2 Å². The highest BCUT2D eigenvalue weighted by Gasteiger charge is 2.28. The monoisotopic (exact) mass is 410 g/mol. The third kappa shape index (κ3) is 3.49. The summed E-state index contributed by atoms with van der Waals surface area (Å²) in [5, 5.41) is 12.5. The molecule has 4 aromatic rings. The molecule has 140 valence electrons. The Morgan fingerprint density at radius 1 is 0.964 bits per heavy atom. The fraction of sp³-hybridized carbons (Fsp3) is 0.0909. The Morgan fingerprint density at radius 3 is 2.43 bits per heavy atom. The molecule has 0 fully saturated rings. The van der Waals surface area contributed by atoms with Crippen LogP contribution in [0.1, 0.15) is 17.2 Å². The van der Waals surface area contributed by atoms with Crippen LogP contribution in [0, 0.1) is 10.1 Å². The second kappa shape index (κ2) is 7.66. The maximum Gasteiger partial charge on any atom is 0.216 e. The summed E-state index contributed by atoms with van der Waals surface area (Å²) >= 11 is 12.5. The van der Waals surface area contributed by atoms with Crippen molar-refractivity contribution in [1.29, 1.82) is 0 Å². The van der Waals surface area contributed by atoms with E-state index in [9.17, 15) is 10.1 Å². The average Bonchev–Trinajstić information content (AvgIpc) is 3.06. The van der Waals surface area contributed by atoms with E-state index in [1.54, 1.807) is 18.2 Å². The Bertz CT molecular complexity index is 1160. The lowest BCUT2D eigenvalue weighted by Gasteiger charge is -2.18. The largest absolute Gasteiger partial charge is 0.319 e. The molecule has 0 aliphatic rings. The number of benzene rings is 2. The van der Waals surface area contributed by atoms with Crippen LogP contribution in [-0.2, 0) is 0 Å². The molecule has 28 heavy (non-hydrogen) atoms. The minimum absolute atomic E-state index is 0.276. The number of hydrogen-bond acceptors (Lipinski definition) is 2. The predicted octanol–water partition coefficient (Wildman–Crippen LogP) is 6.32. The van der Waals surface area contributed by atoms with Gasteiger partial charge < -0.3 is 4.40 Å². The molecule has 0 saturated carbocycles. The first kappa shape index (κ1) is 18.5. The summed E-state index contributed by atoms with van der Waals surface area (Å²) in [6, 6.07) is 22.9. The molecule has 4 nitrogen and oxygen atoms in total. The number of aromatic nitrogens is 1. The number of nitro groups is 1. The normalized spacial score (nSPS) is 12.2. The van der Waals surface area contributed by atoms with Crippen LogP contribution in [0.15, 0.2) is 79.0 Å². The molecule has 6 heteroatoms. The van der Waals surface area contributed by atoms with Crippen LogP contribution in [0.2, 0.25) is 10.0 Å². The molecule has 2 heterocycles. The van der Waals surface area contributed by atoms with E-state index in [1.807, 2.05) is 59.1 Å². The lowest BCUT2D eigenvalue weighted by Crippen LogP contribution is -2.17. The molecule has 0 spiro atoms. The van der Waals surface area contributed by atoms with Crippen molar-refractivity contribution in [2.45, 2.75) is 5.92 Å². The molecule has 0 aliphatic heterocycles. The predicted molar refractivity (Wildman–Crippen MR) is 113 cm³/mol. The van der Waals surface area contributed by atoms with Crippen molar-refractivity contribution >= 4 is 28.7 Å². The molecule has 1 unspecified atom stereocenters. The van der Waals surface area contributed by atoms with E-state index in [4.69, 9.17) is 23.2 Å². The molecular weight excluding hydrogens is 395 g/mol. The minimum Gasteiger partial charge on any atom is -0.319 e. The Kier molecular flexibility index (Phi) is 5.07. The van der Waals surface area contributed by atoms with E-state index in [0.717, 1.165) is 22.3 Å². The summed E-state index contributed by atoms with van der Waals surface area (Å²) in [5.74, 6) is -0.528. The molecule has 0 radical (unpaired) electrons. The SMILES string of the molecule is O=[N+]([O-])CC(c1ccc(Cl)cc1Cl)c1c(-c2ccccc2)cc2ccccn12. The molecule has 1 atom stereocenters. The maximum atomic E-state index is 11.6. The molecule has 0 amide bonds. The Labute approximate surface area is 172 Å². The van der Waals surface area contributed by atoms with Crippen molar-refractivity contribution in [3.05, 3.63) is 110 Å². The topological polar surface area (TPSA) is 47.5 Å².